The molecule has 0 radical (unpaired) electrons. The quantitative estimate of drug-likeness (QED) is 0.772. The summed E-state index contributed by atoms with van der Waals surface area (Å²) in [6, 6.07) is 0. The molecule has 0 aliphatic carbocycles. The first kappa shape index (κ1) is 14.4. The van der Waals surface area contributed by atoms with Crippen molar-refractivity contribution in [2.75, 3.05) is 13.1 Å². The van der Waals surface area contributed by atoms with Crippen LogP contribution in [0, 0.1) is 5.21 Å². The number of aromatic nitrogens is 2. The second kappa shape index (κ2) is 6.40. The van der Waals surface area contributed by atoms with Gasteiger partial charge in [-0.2, -0.15) is 4.98 Å². The fraction of sp³-hybridized carbons (Fsp3) is 0.818. The summed E-state index contributed by atoms with van der Waals surface area (Å²) in [6.45, 7) is 6.55. The lowest BCUT2D eigenvalue weighted by Gasteiger charge is -2.26. The lowest BCUT2D eigenvalue weighted by atomic mass is 10.2. The van der Waals surface area contributed by atoms with Crippen LogP contribution in [0.2, 0.25) is 0 Å². The molecule has 2 atom stereocenters. The van der Waals surface area contributed by atoms with Gasteiger partial charge in [-0.3, -0.25) is 4.90 Å². The molecular formula is C11H19N4O4-. The first-order chi connectivity index (χ1) is 9.13. The Bertz CT molecular complexity index is 394. The van der Waals surface area contributed by atoms with Gasteiger partial charge in [0.15, 0.2) is 0 Å². The van der Waals surface area contributed by atoms with E-state index in [1.54, 1.807) is 0 Å². The van der Waals surface area contributed by atoms with Gasteiger partial charge in [0, 0.05) is 0 Å². The van der Waals surface area contributed by atoms with E-state index in [1.807, 2.05) is 0 Å². The minimum atomic E-state index is -0.838. The van der Waals surface area contributed by atoms with Gasteiger partial charge in [0.25, 0.3) is 0 Å². The minimum absolute atomic E-state index is 0.170. The predicted octanol–water partition coefficient (Wildman–Crippen LogP) is 1.28. The van der Waals surface area contributed by atoms with Crippen LogP contribution in [0.25, 0.3) is 0 Å². The average molecular weight is 271 g/mol. The zero-order valence-corrected chi connectivity index (χ0v) is 11.2. The molecule has 1 aromatic heterocycles. The van der Waals surface area contributed by atoms with Crippen LogP contribution in [-0.4, -0.2) is 44.8 Å². The van der Waals surface area contributed by atoms with E-state index in [0.717, 1.165) is 13.1 Å². The van der Waals surface area contributed by atoms with Crippen molar-refractivity contribution in [3.63, 3.8) is 0 Å². The van der Waals surface area contributed by atoms with Crippen LogP contribution in [0.5, 0.6) is 0 Å². The van der Waals surface area contributed by atoms with Crippen LogP contribution in [0.3, 0.4) is 0 Å². The van der Waals surface area contributed by atoms with Gasteiger partial charge in [-0.05, 0) is 25.9 Å². The molecule has 1 saturated heterocycles. The first-order valence-corrected chi connectivity index (χ1v) is 6.49. The van der Waals surface area contributed by atoms with Crippen molar-refractivity contribution in [1.82, 2.24) is 20.3 Å². The lowest BCUT2D eigenvalue weighted by Crippen LogP contribution is -2.25. The molecule has 0 bridgehead atoms. The highest BCUT2D eigenvalue weighted by Gasteiger charge is 2.30. The molecule has 108 valence electrons. The Hall–Kier alpha value is -1.06. The smallest absolute Gasteiger partial charge is 0.240 e. The summed E-state index contributed by atoms with van der Waals surface area (Å²) in [5.41, 5.74) is 0. The topological polar surface area (TPSA) is 97.9 Å². The Morgan fingerprint density at radius 2 is 2.11 bits per heavy atom. The zero-order valence-electron chi connectivity index (χ0n) is 11.2. The van der Waals surface area contributed by atoms with Crippen molar-refractivity contribution in [3.05, 3.63) is 16.9 Å². The van der Waals surface area contributed by atoms with E-state index in [0.29, 0.717) is 31.1 Å². The van der Waals surface area contributed by atoms with Crippen LogP contribution in [0.15, 0.2) is 4.52 Å². The molecule has 1 aromatic rings. The largest absolute Gasteiger partial charge is 0.760 e. The number of rotatable bonds is 6. The minimum Gasteiger partial charge on any atom is -0.760 e. The molecule has 8 heteroatoms. The van der Waals surface area contributed by atoms with Gasteiger partial charge in [0.05, 0.1) is 6.54 Å². The van der Waals surface area contributed by atoms with E-state index < -0.39 is 6.23 Å². The molecule has 8 nitrogen and oxygen atoms in total. The highest BCUT2D eigenvalue weighted by atomic mass is 16.8. The third-order valence-electron chi connectivity index (χ3n) is 3.27. The molecule has 1 fully saturated rings. The number of nitrogens with zero attached hydrogens (tertiary/aromatic N) is 4. The van der Waals surface area contributed by atoms with E-state index in [4.69, 9.17) is 14.5 Å². The number of hydrogen-bond acceptors (Lipinski definition) is 8. The third kappa shape index (κ3) is 3.48. The maximum absolute atomic E-state index is 10.7. The van der Waals surface area contributed by atoms with Crippen molar-refractivity contribution in [2.45, 2.75) is 45.6 Å². The maximum Gasteiger partial charge on any atom is 0.240 e. The summed E-state index contributed by atoms with van der Waals surface area (Å²) in [5.74, 6) is 0.972. The number of hydrogen-bond donors (Lipinski definition) is 1. The van der Waals surface area contributed by atoms with Crippen molar-refractivity contribution in [3.8, 4) is 0 Å². The monoisotopic (exact) mass is 271 g/mol. The van der Waals surface area contributed by atoms with Crippen LogP contribution < -0.4 is 0 Å². The van der Waals surface area contributed by atoms with Crippen molar-refractivity contribution in [1.29, 1.82) is 0 Å². The van der Waals surface area contributed by atoms with Gasteiger partial charge < -0.3 is 19.7 Å². The van der Waals surface area contributed by atoms with Gasteiger partial charge in [-0.1, -0.05) is 19.0 Å². The molecule has 2 unspecified atom stereocenters. The molecule has 2 heterocycles. The average Bonchev–Trinajstić information content (AvgIpc) is 3.04. The highest BCUT2D eigenvalue weighted by molar-refractivity contribution is 4.94. The van der Waals surface area contributed by atoms with E-state index >= 15 is 0 Å². The molecular weight excluding hydrogens is 252 g/mol. The Morgan fingerprint density at radius 3 is 2.68 bits per heavy atom. The van der Waals surface area contributed by atoms with Crippen LogP contribution in [0.1, 0.15) is 44.5 Å². The SMILES string of the molecule is CCN(CC)Cc1nc(C2CCC(N([O-])O)O2)no1. The van der Waals surface area contributed by atoms with Crippen LogP contribution in [-0.2, 0) is 11.3 Å². The standard InChI is InChI=1S/C11H19N4O4/c1-3-14(4-2)7-9-12-11(13-19-9)8-5-6-10(18-8)15(16)17/h8,10,16H,3-7H2,1-2H3/q-1. The van der Waals surface area contributed by atoms with Crippen LogP contribution in [0.4, 0.5) is 0 Å². The normalized spacial score (nSPS) is 23.7. The Kier molecular flexibility index (Phi) is 4.83. The predicted molar refractivity (Wildman–Crippen MR) is 64.8 cm³/mol. The first-order valence-electron chi connectivity index (χ1n) is 6.49. The molecule has 19 heavy (non-hydrogen) atoms. The summed E-state index contributed by atoms with van der Waals surface area (Å²) in [7, 11) is 0. The third-order valence-corrected chi connectivity index (χ3v) is 3.27. The van der Waals surface area contributed by atoms with E-state index in [-0.39, 0.29) is 11.3 Å². The Morgan fingerprint density at radius 1 is 1.37 bits per heavy atom. The molecule has 0 aromatic carbocycles. The second-order valence-corrected chi connectivity index (χ2v) is 4.47. The number of ether oxygens (including phenoxy) is 1. The van der Waals surface area contributed by atoms with Gasteiger partial charge in [-0.15, -0.1) is 0 Å². The van der Waals surface area contributed by atoms with Gasteiger partial charge >= 0.3 is 0 Å². The molecule has 0 saturated carbocycles. The van der Waals surface area contributed by atoms with Gasteiger partial charge in [-0.25, -0.2) is 5.23 Å². The lowest BCUT2D eigenvalue weighted by molar-refractivity contribution is -0.178. The van der Waals surface area contributed by atoms with Gasteiger partial charge in [0.2, 0.25) is 11.7 Å². The molecule has 0 spiro atoms. The van der Waals surface area contributed by atoms with Gasteiger partial charge in [0.1, 0.15) is 12.3 Å². The Balaban J connectivity index is 1.94. The fourth-order valence-corrected chi connectivity index (χ4v) is 2.07. The van der Waals surface area contributed by atoms with Crippen molar-refractivity contribution < 1.29 is 14.5 Å². The van der Waals surface area contributed by atoms with E-state index in [1.165, 1.54) is 0 Å². The van der Waals surface area contributed by atoms with Crippen molar-refractivity contribution in [2.24, 2.45) is 0 Å². The maximum atomic E-state index is 10.7. The summed E-state index contributed by atoms with van der Waals surface area (Å²) in [5, 5.41) is 23.2. The molecule has 1 aliphatic heterocycles. The molecule has 1 aliphatic rings. The van der Waals surface area contributed by atoms with Crippen LogP contribution >= 0.6 is 0 Å². The fourth-order valence-electron chi connectivity index (χ4n) is 2.07. The van der Waals surface area contributed by atoms with E-state index in [2.05, 4.69) is 28.9 Å². The molecule has 1 N–H and O–H groups in total. The Labute approximate surface area is 111 Å². The second-order valence-electron chi connectivity index (χ2n) is 4.47. The van der Waals surface area contributed by atoms with Crippen molar-refractivity contribution >= 4 is 0 Å². The molecule has 0 amide bonds. The highest BCUT2D eigenvalue weighted by Crippen LogP contribution is 2.31. The summed E-state index contributed by atoms with van der Waals surface area (Å²) < 4.78 is 10.5. The zero-order chi connectivity index (χ0) is 13.8. The summed E-state index contributed by atoms with van der Waals surface area (Å²) in [4.78, 5) is 6.43. The molecule has 2 rings (SSSR count). The number of hydroxylamine groups is 2. The summed E-state index contributed by atoms with van der Waals surface area (Å²) in [6.07, 6.45) is -0.184. The van der Waals surface area contributed by atoms with E-state index in [9.17, 15) is 5.21 Å². The summed E-state index contributed by atoms with van der Waals surface area (Å²) >= 11 is 0.